The van der Waals surface area contributed by atoms with Crippen LogP contribution in [0.15, 0.2) is 65.6 Å². The molecule has 1 aromatic heterocycles. The Morgan fingerprint density at radius 3 is 2.61 bits per heavy atom. The monoisotopic (exact) mass is 510 g/mol. The number of hydrogen-bond acceptors (Lipinski definition) is 5. The number of benzene rings is 2. The summed E-state index contributed by atoms with van der Waals surface area (Å²) in [5.41, 5.74) is 2.41. The molecule has 2 aromatic carbocycles. The molecule has 7 heteroatoms. The Kier molecular flexibility index (Phi) is 8.72. The standard InChI is InChI=1S/C29H35ClN2O4/c1-22-5-11-26(30)27(17-22)36-21-29(34)13-3-14-31(20-29)19-24-7-9-25(10-8-24)35-16-4-15-32-18-23(2)6-12-28(32)33/h5-12,17-18,34H,3-4,13-16,19-21H2,1-2H3/t29-/m0/s1. The van der Waals surface area contributed by atoms with Crippen LogP contribution >= 0.6 is 11.6 Å². The molecule has 3 aromatic rings. The van der Waals surface area contributed by atoms with Gasteiger partial charge in [-0.3, -0.25) is 9.69 Å². The molecule has 0 amide bonds. The number of likely N-dealkylation sites (tertiary alicyclic amines) is 1. The quantitative estimate of drug-likeness (QED) is 0.389. The van der Waals surface area contributed by atoms with Crippen LogP contribution in [0.1, 0.15) is 36.0 Å². The predicted octanol–water partition coefficient (Wildman–Crippen LogP) is 4.99. The van der Waals surface area contributed by atoms with Gasteiger partial charge in [0.2, 0.25) is 0 Å². The number of piperidine rings is 1. The van der Waals surface area contributed by atoms with Crippen LogP contribution < -0.4 is 15.0 Å². The van der Waals surface area contributed by atoms with Crippen LogP contribution in [0.3, 0.4) is 0 Å². The van der Waals surface area contributed by atoms with Gasteiger partial charge in [0.15, 0.2) is 0 Å². The Morgan fingerprint density at radius 1 is 1.03 bits per heavy atom. The first-order chi connectivity index (χ1) is 17.3. The largest absolute Gasteiger partial charge is 0.494 e. The van der Waals surface area contributed by atoms with E-state index in [1.807, 2.05) is 56.4 Å². The second-order valence-corrected chi connectivity index (χ2v) is 10.3. The summed E-state index contributed by atoms with van der Waals surface area (Å²) in [5.74, 6) is 1.43. The fourth-order valence-corrected chi connectivity index (χ4v) is 4.76. The fourth-order valence-electron chi connectivity index (χ4n) is 4.59. The topological polar surface area (TPSA) is 63.9 Å². The molecule has 36 heavy (non-hydrogen) atoms. The Bertz CT molecular complexity index is 1210. The number of pyridine rings is 1. The summed E-state index contributed by atoms with van der Waals surface area (Å²) < 4.78 is 13.5. The van der Waals surface area contributed by atoms with E-state index in [1.165, 1.54) is 5.56 Å². The minimum absolute atomic E-state index is 0.0140. The average Bonchev–Trinajstić information content (AvgIpc) is 2.85. The van der Waals surface area contributed by atoms with Gasteiger partial charge < -0.3 is 19.1 Å². The van der Waals surface area contributed by atoms with Crippen molar-refractivity contribution in [3.8, 4) is 11.5 Å². The van der Waals surface area contributed by atoms with Gasteiger partial charge in [0.1, 0.15) is 23.7 Å². The first-order valence-corrected chi connectivity index (χ1v) is 12.9. The lowest BCUT2D eigenvalue weighted by Crippen LogP contribution is -2.51. The zero-order valence-corrected chi connectivity index (χ0v) is 21.8. The molecule has 2 heterocycles. The number of rotatable bonds is 10. The summed E-state index contributed by atoms with van der Waals surface area (Å²) in [5, 5.41) is 11.7. The first-order valence-electron chi connectivity index (χ1n) is 12.5. The number of aryl methyl sites for hydroxylation is 3. The Morgan fingerprint density at radius 2 is 1.81 bits per heavy atom. The predicted molar refractivity (Wildman–Crippen MR) is 143 cm³/mol. The smallest absolute Gasteiger partial charge is 0.250 e. The van der Waals surface area contributed by atoms with E-state index in [2.05, 4.69) is 17.0 Å². The normalized spacial score (nSPS) is 18.2. The number of hydrogen-bond donors (Lipinski definition) is 1. The van der Waals surface area contributed by atoms with Gasteiger partial charge in [0.05, 0.1) is 11.6 Å². The van der Waals surface area contributed by atoms with Crippen LogP contribution in [0, 0.1) is 13.8 Å². The number of β-amino-alcohol motifs (C(OH)–C–C–N with tert-alkyl or cyclic N) is 1. The number of nitrogens with zero attached hydrogens (tertiary/aromatic N) is 2. The minimum atomic E-state index is -0.909. The Labute approximate surface area is 218 Å². The van der Waals surface area contributed by atoms with E-state index in [9.17, 15) is 9.90 Å². The number of aromatic nitrogens is 1. The Hall–Kier alpha value is -2.80. The van der Waals surface area contributed by atoms with Crippen molar-refractivity contribution in [1.82, 2.24) is 9.47 Å². The maximum Gasteiger partial charge on any atom is 0.250 e. The molecular weight excluding hydrogens is 476 g/mol. The van der Waals surface area contributed by atoms with Gasteiger partial charge in [-0.1, -0.05) is 35.9 Å². The summed E-state index contributed by atoms with van der Waals surface area (Å²) in [7, 11) is 0. The van der Waals surface area contributed by atoms with Gasteiger partial charge in [-0.15, -0.1) is 0 Å². The van der Waals surface area contributed by atoms with Crippen molar-refractivity contribution in [2.24, 2.45) is 0 Å². The van der Waals surface area contributed by atoms with Gasteiger partial charge in [0, 0.05) is 31.9 Å². The number of ether oxygens (including phenoxy) is 2. The molecule has 0 unspecified atom stereocenters. The zero-order chi connectivity index (χ0) is 25.5. The van der Waals surface area contributed by atoms with Crippen molar-refractivity contribution in [2.45, 2.75) is 51.8 Å². The maximum atomic E-state index is 11.9. The third kappa shape index (κ3) is 7.36. The highest BCUT2D eigenvalue weighted by molar-refractivity contribution is 6.32. The van der Waals surface area contributed by atoms with Gasteiger partial charge in [-0.05, 0) is 80.6 Å². The van der Waals surface area contributed by atoms with Crippen molar-refractivity contribution in [3.63, 3.8) is 0 Å². The van der Waals surface area contributed by atoms with Gasteiger partial charge in [0.25, 0.3) is 5.56 Å². The number of halogens is 1. The van der Waals surface area contributed by atoms with Crippen molar-refractivity contribution in [2.75, 3.05) is 26.3 Å². The van der Waals surface area contributed by atoms with Crippen LogP contribution in [0.25, 0.3) is 0 Å². The molecule has 1 N–H and O–H groups in total. The maximum absolute atomic E-state index is 11.9. The van der Waals surface area contributed by atoms with Crippen molar-refractivity contribution >= 4 is 11.6 Å². The van der Waals surface area contributed by atoms with Crippen LogP contribution in [0.4, 0.5) is 0 Å². The molecule has 1 atom stereocenters. The molecule has 4 rings (SSSR count). The summed E-state index contributed by atoms with van der Waals surface area (Å²) in [6, 6.07) is 17.2. The highest BCUT2D eigenvalue weighted by atomic mass is 35.5. The summed E-state index contributed by atoms with van der Waals surface area (Å²) in [6.45, 7) is 7.60. The first kappa shape index (κ1) is 26.3. The van der Waals surface area contributed by atoms with Crippen LogP contribution in [0.2, 0.25) is 5.02 Å². The van der Waals surface area contributed by atoms with Gasteiger partial charge in [-0.25, -0.2) is 0 Å². The highest BCUT2D eigenvalue weighted by Gasteiger charge is 2.34. The van der Waals surface area contributed by atoms with Crippen LogP contribution in [-0.4, -0.2) is 46.5 Å². The molecule has 1 aliphatic heterocycles. The van der Waals surface area contributed by atoms with E-state index in [1.54, 1.807) is 10.6 Å². The van der Waals surface area contributed by atoms with Crippen molar-refractivity contribution in [3.05, 3.63) is 92.9 Å². The van der Waals surface area contributed by atoms with E-state index >= 15 is 0 Å². The summed E-state index contributed by atoms with van der Waals surface area (Å²) in [4.78, 5) is 14.2. The molecule has 192 valence electrons. The van der Waals surface area contributed by atoms with Gasteiger partial charge >= 0.3 is 0 Å². The molecule has 0 bridgehead atoms. The molecule has 1 aliphatic rings. The number of aliphatic hydroxyl groups is 1. The molecule has 1 saturated heterocycles. The van der Waals surface area contributed by atoms with E-state index in [-0.39, 0.29) is 12.2 Å². The molecule has 0 aliphatic carbocycles. The average molecular weight is 511 g/mol. The van der Waals surface area contributed by atoms with Crippen LogP contribution in [0.5, 0.6) is 11.5 Å². The molecule has 6 nitrogen and oxygen atoms in total. The van der Waals surface area contributed by atoms with Crippen molar-refractivity contribution < 1.29 is 14.6 Å². The van der Waals surface area contributed by atoms with E-state index in [4.69, 9.17) is 21.1 Å². The third-order valence-corrected chi connectivity index (χ3v) is 6.80. The third-order valence-electron chi connectivity index (χ3n) is 6.49. The SMILES string of the molecule is Cc1ccc(Cl)c(OC[C@]2(O)CCCN(Cc3ccc(OCCCn4cc(C)ccc4=O)cc3)C2)c1. The molecule has 0 spiro atoms. The van der Waals surface area contributed by atoms with E-state index < -0.39 is 5.60 Å². The molecule has 0 radical (unpaired) electrons. The molecule has 0 saturated carbocycles. The Balaban J connectivity index is 1.23. The lowest BCUT2D eigenvalue weighted by atomic mass is 9.93. The lowest BCUT2D eigenvalue weighted by molar-refractivity contribution is -0.0620. The minimum Gasteiger partial charge on any atom is -0.494 e. The van der Waals surface area contributed by atoms with E-state index in [0.717, 1.165) is 42.8 Å². The second kappa shape index (κ2) is 12.0. The highest BCUT2D eigenvalue weighted by Crippen LogP contribution is 2.29. The lowest BCUT2D eigenvalue weighted by Gasteiger charge is -2.39. The molecule has 1 fully saturated rings. The summed E-state index contributed by atoms with van der Waals surface area (Å²) >= 11 is 6.25. The zero-order valence-electron chi connectivity index (χ0n) is 21.1. The fraction of sp³-hybridized carbons (Fsp3) is 0.414. The van der Waals surface area contributed by atoms with Crippen molar-refractivity contribution in [1.29, 1.82) is 0 Å². The van der Waals surface area contributed by atoms with E-state index in [0.29, 0.717) is 36.9 Å². The van der Waals surface area contributed by atoms with Gasteiger partial charge in [-0.2, -0.15) is 0 Å². The van der Waals surface area contributed by atoms with Crippen LogP contribution in [-0.2, 0) is 13.1 Å². The molecular formula is C29H35ClN2O4. The second-order valence-electron chi connectivity index (χ2n) is 9.85. The summed E-state index contributed by atoms with van der Waals surface area (Å²) in [6.07, 6.45) is 4.25.